The van der Waals surface area contributed by atoms with Gasteiger partial charge in [-0.15, -0.1) is 11.3 Å². The minimum absolute atomic E-state index is 0.0803. The molecule has 3 aromatic rings. The molecule has 0 radical (unpaired) electrons. The van der Waals surface area contributed by atoms with E-state index in [4.69, 9.17) is 0 Å². The quantitative estimate of drug-likeness (QED) is 0.540. The highest BCUT2D eigenvalue weighted by Gasteiger charge is 2.20. The fraction of sp³-hybridized carbons (Fsp3) is 0.167. The lowest BCUT2D eigenvalue weighted by molar-refractivity contribution is -0.128. The summed E-state index contributed by atoms with van der Waals surface area (Å²) in [4.78, 5) is 27.8. The molecule has 2 aromatic carbocycles. The number of halogens is 1. The van der Waals surface area contributed by atoms with Gasteiger partial charge in [0.15, 0.2) is 0 Å². The first-order chi connectivity index (χ1) is 14.5. The standard InChI is InChI=1S/C24H23FN2O2S/c1-3-18-7-4-5-8-21(18)26-23(28)16-27(2)24(29)20(22-9-6-14-30-22)15-17-10-12-19(25)13-11-17/h4-15H,3,16H2,1-2H3,(H,26,28)/b20-15+. The van der Waals surface area contributed by atoms with Crippen molar-refractivity contribution < 1.29 is 14.0 Å². The second kappa shape index (κ2) is 9.98. The minimum atomic E-state index is -0.336. The van der Waals surface area contributed by atoms with Crippen LogP contribution in [-0.2, 0) is 16.0 Å². The number of carbonyl (C=O) groups excluding carboxylic acids is 2. The number of carbonyl (C=O) groups is 2. The van der Waals surface area contributed by atoms with Gasteiger partial charge in [-0.1, -0.05) is 43.3 Å². The van der Waals surface area contributed by atoms with E-state index in [1.807, 2.05) is 48.7 Å². The molecule has 3 rings (SSSR count). The molecule has 0 aliphatic carbocycles. The number of benzene rings is 2. The van der Waals surface area contributed by atoms with Gasteiger partial charge in [-0.05, 0) is 53.3 Å². The molecule has 0 spiro atoms. The van der Waals surface area contributed by atoms with Crippen LogP contribution in [0, 0.1) is 5.82 Å². The molecule has 0 aliphatic rings. The first-order valence-electron chi connectivity index (χ1n) is 9.62. The summed E-state index contributed by atoms with van der Waals surface area (Å²) in [5.74, 6) is -0.878. The minimum Gasteiger partial charge on any atom is -0.332 e. The molecule has 4 nitrogen and oxygen atoms in total. The molecule has 0 bridgehead atoms. The Morgan fingerprint density at radius 2 is 1.80 bits per heavy atom. The van der Waals surface area contributed by atoms with E-state index in [1.165, 1.54) is 28.4 Å². The SMILES string of the molecule is CCc1ccccc1NC(=O)CN(C)C(=O)/C(=C/c1ccc(F)cc1)c1cccs1. The summed E-state index contributed by atoms with van der Waals surface area (Å²) < 4.78 is 13.2. The van der Waals surface area contributed by atoms with Crippen molar-refractivity contribution in [3.63, 3.8) is 0 Å². The zero-order valence-electron chi connectivity index (χ0n) is 16.9. The van der Waals surface area contributed by atoms with Crippen molar-refractivity contribution in [3.8, 4) is 0 Å². The fourth-order valence-corrected chi connectivity index (χ4v) is 3.76. The number of aryl methyl sites for hydroxylation is 1. The normalized spacial score (nSPS) is 11.2. The maximum atomic E-state index is 13.2. The third kappa shape index (κ3) is 5.42. The molecule has 154 valence electrons. The summed E-state index contributed by atoms with van der Waals surface area (Å²) in [7, 11) is 1.60. The molecule has 30 heavy (non-hydrogen) atoms. The zero-order valence-corrected chi connectivity index (χ0v) is 17.7. The number of hydrogen-bond acceptors (Lipinski definition) is 3. The second-order valence-corrected chi connectivity index (χ2v) is 7.75. The monoisotopic (exact) mass is 422 g/mol. The van der Waals surface area contributed by atoms with Crippen molar-refractivity contribution in [3.05, 3.63) is 87.9 Å². The van der Waals surface area contributed by atoms with Gasteiger partial charge in [-0.3, -0.25) is 9.59 Å². The number of nitrogens with zero attached hydrogens (tertiary/aromatic N) is 1. The van der Waals surface area contributed by atoms with Gasteiger partial charge < -0.3 is 10.2 Å². The van der Waals surface area contributed by atoms with Crippen LogP contribution < -0.4 is 5.32 Å². The largest absolute Gasteiger partial charge is 0.332 e. The summed E-state index contributed by atoms with van der Waals surface area (Å²) >= 11 is 1.44. The molecule has 0 aliphatic heterocycles. The first-order valence-corrected chi connectivity index (χ1v) is 10.5. The predicted molar refractivity (Wildman–Crippen MR) is 121 cm³/mol. The highest BCUT2D eigenvalue weighted by Crippen LogP contribution is 2.25. The average Bonchev–Trinajstić information content (AvgIpc) is 3.27. The van der Waals surface area contributed by atoms with Crippen LogP contribution in [0.4, 0.5) is 10.1 Å². The number of nitrogens with one attached hydrogen (secondary N) is 1. The molecule has 6 heteroatoms. The number of thiophene rings is 1. The Morgan fingerprint density at radius 3 is 2.47 bits per heavy atom. The molecule has 0 saturated carbocycles. The highest BCUT2D eigenvalue weighted by atomic mass is 32.1. The van der Waals surface area contributed by atoms with Crippen LogP contribution in [-0.4, -0.2) is 30.3 Å². The van der Waals surface area contributed by atoms with Crippen LogP contribution in [0.25, 0.3) is 11.6 Å². The molecular weight excluding hydrogens is 399 g/mol. The number of anilines is 1. The summed E-state index contributed by atoms with van der Waals surface area (Å²) in [6.07, 6.45) is 2.52. The molecule has 1 aromatic heterocycles. The Hall–Kier alpha value is -3.25. The Balaban J connectivity index is 1.77. The second-order valence-electron chi connectivity index (χ2n) is 6.81. The van der Waals surface area contributed by atoms with Gasteiger partial charge in [0.1, 0.15) is 5.82 Å². The van der Waals surface area contributed by atoms with Crippen molar-refractivity contribution in [2.45, 2.75) is 13.3 Å². The van der Waals surface area contributed by atoms with Gasteiger partial charge in [0, 0.05) is 17.6 Å². The lowest BCUT2D eigenvalue weighted by atomic mass is 10.1. The average molecular weight is 423 g/mol. The Labute approximate surface area is 179 Å². The third-order valence-corrected chi connectivity index (χ3v) is 5.50. The summed E-state index contributed by atoms with van der Waals surface area (Å²) in [6.45, 7) is 1.94. The lowest BCUT2D eigenvalue weighted by Crippen LogP contribution is -2.35. The number of hydrogen-bond donors (Lipinski definition) is 1. The van der Waals surface area contributed by atoms with Gasteiger partial charge in [0.25, 0.3) is 5.91 Å². The number of para-hydroxylation sites is 1. The number of likely N-dealkylation sites (N-methyl/N-ethyl adjacent to an activating group) is 1. The van der Waals surface area contributed by atoms with Gasteiger partial charge in [0.05, 0.1) is 12.1 Å². The van der Waals surface area contributed by atoms with Crippen molar-refractivity contribution in [1.82, 2.24) is 4.90 Å². The van der Waals surface area contributed by atoms with Gasteiger partial charge >= 0.3 is 0 Å². The van der Waals surface area contributed by atoms with E-state index in [1.54, 1.807) is 25.3 Å². The topological polar surface area (TPSA) is 49.4 Å². The molecule has 0 atom stereocenters. The summed E-state index contributed by atoms with van der Waals surface area (Å²) in [5, 5.41) is 4.77. The molecule has 1 heterocycles. The highest BCUT2D eigenvalue weighted by molar-refractivity contribution is 7.11. The number of amides is 2. The predicted octanol–water partition coefficient (Wildman–Crippen LogP) is 5.09. The van der Waals surface area contributed by atoms with E-state index in [0.717, 1.165) is 22.5 Å². The van der Waals surface area contributed by atoms with Crippen molar-refractivity contribution in [1.29, 1.82) is 0 Å². The fourth-order valence-electron chi connectivity index (χ4n) is 3.03. The van der Waals surface area contributed by atoms with Crippen LogP contribution in [0.1, 0.15) is 22.9 Å². The van der Waals surface area contributed by atoms with Gasteiger partial charge in [-0.25, -0.2) is 4.39 Å². The van der Waals surface area contributed by atoms with Crippen LogP contribution in [0.3, 0.4) is 0 Å². The van der Waals surface area contributed by atoms with Crippen molar-refractivity contribution in [2.24, 2.45) is 0 Å². The Morgan fingerprint density at radius 1 is 1.07 bits per heavy atom. The lowest BCUT2D eigenvalue weighted by Gasteiger charge is -2.19. The molecule has 0 saturated heterocycles. The van der Waals surface area contributed by atoms with Crippen LogP contribution in [0.15, 0.2) is 66.0 Å². The third-order valence-electron chi connectivity index (χ3n) is 4.60. The molecule has 1 N–H and O–H groups in total. The van der Waals surface area contributed by atoms with E-state index >= 15 is 0 Å². The van der Waals surface area contributed by atoms with E-state index in [0.29, 0.717) is 11.1 Å². The van der Waals surface area contributed by atoms with Crippen molar-refractivity contribution in [2.75, 3.05) is 18.9 Å². The maximum Gasteiger partial charge on any atom is 0.255 e. The van der Waals surface area contributed by atoms with Crippen LogP contribution in [0.2, 0.25) is 0 Å². The molecule has 0 unspecified atom stereocenters. The molecule has 2 amide bonds. The Kier molecular flexibility index (Phi) is 7.14. The van der Waals surface area contributed by atoms with E-state index < -0.39 is 0 Å². The smallest absolute Gasteiger partial charge is 0.255 e. The van der Waals surface area contributed by atoms with E-state index in [-0.39, 0.29) is 24.2 Å². The molecular formula is C24H23FN2O2S. The van der Waals surface area contributed by atoms with Gasteiger partial charge in [0.2, 0.25) is 5.91 Å². The first kappa shape index (κ1) is 21.5. The number of rotatable bonds is 7. The summed E-state index contributed by atoms with van der Waals surface area (Å²) in [6, 6.07) is 17.3. The summed E-state index contributed by atoms with van der Waals surface area (Å²) in [5.41, 5.74) is 2.96. The maximum absolute atomic E-state index is 13.2. The van der Waals surface area contributed by atoms with E-state index in [2.05, 4.69) is 5.32 Å². The van der Waals surface area contributed by atoms with Crippen LogP contribution in [0.5, 0.6) is 0 Å². The van der Waals surface area contributed by atoms with E-state index in [9.17, 15) is 14.0 Å². The van der Waals surface area contributed by atoms with Crippen molar-refractivity contribution >= 4 is 40.5 Å². The van der Waals surface area contributed by atoms with Crippen LogP contribution >= 0.6 is 11.3 Å². The van der Waals surface area contributed by atoms with Gasteiger partial charge in [-0.2, -0.15) is 0 Å². The zero-order chi connectivity index (χ0) is 21.5. The Bertz CT molecular complexity index is 1040. The molecule has 0 fully saturated rings.